The molecule has 0 aliphatic heterocycles. The van der Waals surface area contributed by atoms with E-state index in [0.29, 0.717) is 11.8 Å². The molecule has 2 N–H and O–H groups in total. The molecule has 3 fully saturated rings. The first-order valence-electron chi connectivity index (χ1n) is 10.5. The third kappa shape index (κ3) is 2.44. The summed E-state index contributed by atoms with van der Waals surface area (Å²) in [5, 5.41) is 21.4. The molecule has 0 spiro atoms. The molecule has 146 valence electrons. The molecule has 0 radical (unpaired) electrons. The molecule has 1 amide bonds. The standard InChI is InChI=1S/C22H35NO3/c1-21-10-9-14(24)11-13(21)5-6-15-16-7-8-17(20(26)23(3)4)22(16,2)12-18(25)19(15)21/h5,14-19,24-25H,6-12H2,1-4H3/t14-,15?,16?,17+,18-,19?,21-,22-/m0/s1. The highest BCUT2D eigenvalue weighted by atomic mass is 16.3. The van der Waals surface area contributed by atoms with E-state index < -0.39 is 0 Å². The van der Waals surface area contributed by atoms with Crippen LogP contribution in [0.1, 0.15) is 58.8 Å². The Morgan fingerprint density at radius 1 is 1.19 bits per heavy atom. The van der Waals surface area contributed by atoms with Crippen LogP contribution in [0, 0.1) is 34.5 Å². The van der Waals surface area contributed by atoms with Gasteiger partial charge in [-0.15, -0.1) is 0 Å². The highest BCUT2D eigenvalue weighted by molar-refractivity contribution is 5.79. The van der Waals surface area contributed by atoms with Crippen molar-refractivity contribution in [1.82, 2.24) is 4.90 Å². The number of fused-ring (bicyclic) bond motifs is 5. The number of rotatable bonds is 1. The predicted octanol–water partition coefficient (Wildman–Crippen LogP) is 2.99. The van der Waals surface area contributed by atoms with Gasteiger partial charge in [0.05, 0.1) is 12.2 Å². The summed E-state index contributed by atoms with van der Waals surface area (Å²) < 4.78 is 0. The first-order valence-corrected chi connectivity index (χ1v) is 10.5. The maximum absolute atomic E-state index is 12.8. The Balaban J connectivity index is 1.68. The van der Waals surface area contributed by atoms with Crippen molar-refractivity contribution < 1.29 is 15.0 Å². The van der Waals surface area contributed by atoms with Crippen LogP contribution in [0.5, 0.6) is 0 Å². The van der Waals surface area contributed by atoms with E-state index in [1.54, 1.807) is 4.90 Å². The van der Waals surface area contributed by atoms with Crippen LogP contribution in [0.15, 0.2) is 11.6 Å². The fourth-order valence-corrected chi connectivity index (χ4v) is 7.49. The van der Waals surface area contributed by atoms with Gasteiger partial charge >= 0.3 is 0 Å². The number of amides is 1. The number of aliphatic hydroxyl groups excluding tert-OH is 2. The lowest BCUT2D eigenvalue weighted by atomic mass is 9.46. The summed E-state index contributed by atoms with van der Waals surface area (Å²) in [7, 11) is 3.70. The summed E-state index contributed by atoms with van der Waals surface area (Å²) in [5.41, 5.74) is 1.31. The first kappa shape index (κ1) is 18.5. The quantitative estimate of drug-likeness (QED) is 0.706. The van der Waals surface area contributed by atoms with E-state index in [1.165, 1.54) is 5.57 Å². The number of carbonyl (C=O) groups is 1. The Kier molecular flexibility index (Phi) is 4.31. The van der Waals surface area contributed by atoms with Crippen LogP contribution < -0.4 is 0 Å². The minimum Gasteiger partial charge on any atom is -0.393 e. The number of carbonyl (C=O) groups excluding carboxylic acids is 1. The van der Waals surface area contributed by atoms with Crippen LogP contribution in [-0.2, 0) is 4.79 Å². The van der Waals surface area contributed by atoms with Gasteiger partial charge in [-0.1, -0.05) is 25.5 Å². The molecule has 4 heteroatoms. The lowest BCUT2D eigenvalue weighted by Crippen LogP contribution is -2.57. The van der Waals surface area contributed by atoms with Crippen molar-refractivity contribution in [1.29, 1.82) is 0 Å². The average Bonchev–Trinajstić information content (AvgIpc) is 2.90. The van der Waals surface area contributed by atoms with Crippen molar-refractivity contribution in [3.05, 3.63) is 11.6 Å². The monoisotopic (exact) mass is 361 g/mol. The summed E-state index contributed by atoms with van der Waals surface area (Å²) in [4.78, 5) is 14.5. The van der Waals surface area contributed by atoms with Crippen LogP contribution in [0.3, 0.4) is 0 Å². The van der Waals surface area contributed by atoms with Crippen LogP contribution in [0.2, 0.25) is 0 Å². The first-order chi connectivity index (χ1) is 12.2. The Morgan fingerprint density at radius 2 is 1.92 bits per heavy atom. The molecule has 26 heavy (non-hydrogen) atoms. The molecule has 3 unspecified atom stereocenters. The van der Waals surface area contributed by atoms with Gasteiger partial charge in [0.1, 0.15) is 0 Å². The third-order valence-corrected chi connectivity index (χ3v) is 8.75. The van der Waals surface area contributed by atoms with Crippen LogP contribution in [0.25, 0.3) is 0 Å². The van der Waals surface area contributed by atoms with Gasteiger partial charge in [-0.25, -0.2) is 0 Å². The molecule has 4 nitrogen and oxygen atoms in total. The van der Waals surface area contributed by atoms with Crippen molar-refractivity contribution in [2.45, 2.75) is 71.0 Å². The molecule has 4 aliphatic rings. The van der Waals surface area contributed by atoms with Gasteiger partial charge in [0.2, 0.25) is 5.91 Å². The van der Waals surface area contributed by atoms with Crippen molar-refractivity contribution in [3.63, 3.8) is 0 Å². The largest absolute Gasteiger partial charge is 0.393 e. The smallest absolute Gasteiger partial charge is 0.225 e. The van der Waals surface area contributed by atoms with Gasteiger partial charge in [-0.3, -0.25) is 4.79 Å². The number of nitrogens with zero attached hydrogens (tertiary/aromatic N) is 1. The molecule has 0 aromatic carbocycles. The molecule has 4 rings (SSSR count). The second kappa shape index (κ2) is 6.07. The molecule has 0 aromatic heterocycles. The summed E-state index contributed by atoms with van der Waals surface area (Å²) >= 11 is 0. The SMILES string of the molecule is CN(C)C(=O)[C@H]1CCC2C3CC=C4C[C@@H](O)CC[C@]4(C)C3[C@@H](O)C[C@@]21C. The van der Waals surface area contributed by atoms with E-state index in [4.69, 9.17) is 0 Å². The molecular formula is C22H35NO3. The fraction of sp³-hybridized carbons (Fsp3) is 0.864. The molecule has 0 heterocycles. The average molecular weight is 362 g/mol. The second-order valence-corrected chi connectivity index (χ2v) is 10.2. The molecule has 3 saturated carbocycles. The van der Waals surface area contributed by atoms with Crippen molar-refractivity contribution in [2.75, 3.05) is 14.1 Å². The number of hydrogen-bond donors (Lipinski definition) is 2. The van der Waals surface area contributed by atoms with E-state index in [9.17, 15) is 15.0 Å². The Bertz CT molecular complexity index is 629. The predicted molar refractivity (Wildman–Crippen MR) is 101 cm³/mol. The van der Waals surface area contributed by atoms with Crippen LogP contribution >= 0.6 is 0 Å². The maximum Gasteiger partial charge on any atom is 0.225 e. The summed E-state index contributed by atoms with van der Waals surface area (Å²) in [6.07, 6.45) is 8.22. The third-order valence-electron chi connectivity index (χ3n) is 8.75. The highest BCUT2D eigenvalue weighted by Crippen LogP contribution is 2.66. The highest BCUT2D eigenvalue weighted by Gasteiger charge is 2.62. The van der Waals surface area contributed by atoms with Crippen molar-refractivity contribution >= 4 is 5.91 Å². The van der Waals surface area contributed by atoms with E-state index in [-0.39, 0.29) is 40.8 Å². The zero-order chi connectivity index (χ0) is 18.9. The molecule has 4 aliphatic carbocycles. The van der Waals surface area contributed by atoms with Crippen LogP contribution in [-0.4, -0.2) is 47.3 Å². The zero-order valence-electron chi connectivity index (χ0n) is 16.7. The summed E-state index contributed by atoms with van der Waals surface area (Å²) in [5.74, 6) is 1.55. The topological polar surface area (TPSA) is 60.8 Å². The van der Waals surface area contributed by atoms with Gasteiger partial charge in [0, 0.05) is 20.0 Å². The van der Waals surface area contributed by atoms with Gasteiger partial charge < -0.3 is 15.1 Å². The minimum atomic E-state index is -0.347. The Morgan fingerprint density at radius 3 is 2.62 bits per heavy atom. The molecule has 0 aromatic rings. The molecular weight excluding hydrogens is 326 g/mol. The normalized spacial score (nSPS) is 50.3. The lowest BCUT2D eigenvalue weighted by Gasteiger charge is -2.59. The van der Waals surface area contributed by atoms with Gasteiger partial charge in [-0.2, -0.15) is 0 Å². The number of hydrogen-bond acceptors (Lipinski definition) is 3. The van der Waals surface area contributed by atoms with Gasteiger partial charge in [-0.05, 0) is 73.5 Å². The zero-order valence-corrected chi connectivity index (χ0v) is 16.7. The number of allylic oxidation sites excluding steroid dienone is 1. The van der Waals surface area contributed by atoms with Crippen molar-refractivity contribution in [3.8, 4) is 0 Å². The summed E-state index contributed by atoms with van der Waals surface area (Å²) in [6.45, 7) is 4.59. The van der Waals surface area contributed by atoms with E-state index in [1.807, 2.05) is 14.1 Å². The lowest BCUT2D eigenvalue weighted by molar-refractivity contribution is -0.149. The second-order valence-electron chi connectivity index (χ2n) is 10.2. The Hall–Kier alpha value is -0.870. The van der Waals surface area contributed by atoms with E-state index in [0.717, 1.165) is 44.9 Å². The van der Waals surface area contributed by atoms with Gasteiger partial charge in [0.25, 0.3) is 0 Å². The molecule has 0 saturated heterocycles. The van der Waals surface area contributed by atoms with E-state index in [2.05, 4.69) is 19.9 Å². The maximum atomic E-state index is 12.8. The van der Waals surface area contributed by atoms with Gasteiger partial charge in [0.15, 0.2) is 0 Å². The van der Waals surface area contributed by atoms with Crippen LogP contribution in [0.4, 0.5) is 0 Å². The fourth-order valence-electron chi connectivity index (χ4n) is 7.49. The minimum absolute atomic E-state index is 0.0204. The number of aliphatic hydroxyl groups is 2. The summed E-state index contributed by atoms with van der Waals surface area (Å²) in [6, 6.07) is 0. The Labute approximate surface area is 157 Å². The molecule has 8 atom stereocenters. The molecule has 0 bridgehead atoms. The van der Waals surface area contributed by atoms with Crippen molar-refractivity contribution in [2.24, 2.45) is 34.5 Å². The van der Waals surface area contributed by atoms with E-state index >= 15 is 0 Å².